The summed E-state index contributed by atoms with van der Waals surface area (Å²) in [7, 11) is -6.48. The zero-order valence-electron chi connectivity index (χ0n) is 9.19. The second-order valence-corrected chi connectivity index (χ2v) is 8.41. The molecule has 0 bridgehead atoms. The highest BCUT2D eigenvalue weighted by Crippen LogP contribution is 2.37. The molecule has 1 aliphatic heterocycles. The van der Waals surface area contributed by atoms with Gasteiger partial charge in [0.05, 0.1) is 17.2 Å². The molecule has 10 heteroatoms. The van der Waals surface area contributed by atoms with Crippen LogP contribution in [0.2, 0.25) is 0 Å². The molecule has 0 aliphatic carbocycles. The Balaban J connectivity index is 2.75. The zero-order valence-corrected chi connectivity index (χ0v) is 11.6. The second-order valence-electron chi connectivity index (χ2n) is 3.61. The van der Waals surface area contributed by atoms with Gasteiger partial charge < -0.3 is 5.11 Å². The van der Waals surface area contributed by atoms with Crippen LogP contribution in [0.1, 0.15) is 4.88 Å². The maximum absolute atomic E-state index is 12.1. The number of thiophene rings is 1. The van der Waals surface area contributed by atoms with Crippen LogP contribution in [-0.2, 0) is 20.0 Å². The van der Waals surface area contributed by atoms with Gasteiger partial charge in [-0.3, -0.25) is 4.31 Å². The van der Waals surface area contributed by atoms with E-state index in [1.807, 2.05) is 0 Å². The molecule has 1 aromatic heterocycles. The molecule has 0 spiro atoms. The van der Waals surface area contributed by atoms with Gasteiger partial charge in [0, 0.05) is 7.05 Å². The van der Waals surface area contributed by atoms with E-state index >= 15 is 0 Å². The lowest BCUT2D eigenvalue weighted by molar-refractivity contribution is 0.306. The fraction of sp³-hybridized carbons (Fsp3) is 0.250. The Kier molecular flexibility index (Phi) is 3.02. The Hall–Kier alpha value is -0.940. The molecule has 2 heterocycles. The Morgan fingerprint density at radius 2 is 2.11 bits per heavy atom. The van der Waals surface area contributed by atoms with Crippen LogP contribution in [0.5, 0.6) is 0 Å². The highest BCUT2D eigenvalue weighted by Gasteiger charge is 2.33. The van der Waals surface area contributed by atoms with Crippen molar-refractivity contribution in [3.8, 4) is 0 Å². The summed E-state index contributed by atoms with van der Waals surface area (Å²) in [6.45, 7) is -0.461. The molecule has 2 rings (SSSR count). The van der Waals surface area contributed by atoms with Gasteiger partial charge in [-0.15, -0.1) is 11.3 Å². The van der Waals surface area contributed by atoms with Gasteiger partial charge in [0.15, 0.2) is 0 Å². The standard InChI is InChI=1S/C8H10N2O5S3/c1-10-5(4-11)2-6-7(18(10,14)15)3-8(16-6)17(9,12)13/h2-3,11H,4H2,1H3,(H2,9,12,13). The summed E-state index contributed by atoms with van der Waals surface area (Å²) >= 11 is 0.759. The molecule has 7 nitrogen and oxygen atoms in total. The lowest BCUT2D eigenvalue weighted by atomic mass is 10.3. The molecule has 0 amide bonds. The normalized spacial score (nSPS) is 18.4. The minimum Gasteiger partial charge on any atom is -0.390 e. The van der Waals surface area contributed by atoms with Crippen LogP contribution in [0.3, 0.4) is 0 Å². The van der Waals surface area contributed by atoms with Crippen molar-refractivity contribution in [3.63, 3.8) is 0 Å². The fourth-order valence-corrected chi connectivity index (χ4v) is 5.15. The number of aliphatic hydroxyl groups excluding tert-OH is 1. The number of aliphatic hydroxyl groups is 1. The van der Waals surface area contributed by atoms with Gasteiger partial charge in [-0.25, -0.2) is 22.0 Å². The van der Waals surface area contributed by atoms with Crippen LogP contribution in [0.4, 0.5) is 0 Å². The van der Waals surface area contributed by atoms with Crippen molar-refractivity contribution < 1.29 is 21.9 Å². The molecular formula is C8H10N2O5S3. The molecule has 1 aromatic rings. The van der Waals surface area contributed by atoms with Crippen molar-refractivity contribution in [2.75, 3.05) is 13.7 Å². The molecule has 18 heavy (non-hydrogen) atoms. The van der Waals surface area contributed by atoms with E-state index in [1.165, 1.54) is 13.1 Å². The number of nitrogens with zero attached hydrogens (tertiary/aromatic N) is 1. The summed E-state index contributed by atoms with van der Waals surface area (Å²) in [5, 5.41) is 14.0. The minimum atomic E-state index is -3.94. The fourth-order valence-electron chi connectivity index (χ4n) is 1.50. The number of likely N-dealkylation sites (N-methyl/N-ethyl adjacent to an activating group) is 1. The first-order chi connectivity index (χ1) is 8.17. The molecule has 0 atom stereocenters. The number of fused-ring (bicyclic) bond motifs is 1. The first-order valence-electron chi connectivity index (χ1n) is 4.65. The third kappa shape index (κ3) is 1.95. The highest BCUT2D eigenvalue weighted by atomic mass is 32.2. The maximum atomic E-state index is 12.1. The number of primary sulfonamides is 1. The van der Waals surface area contributed by atoms with Crippen molar-refractivity contribution in [2.45, 2.75) is 9.10 Å². The van der Waals surface area contributed by atoms with E-state index in [1.54, 1.807) is 0 Å². The van der Waals surface area contributed by atoms with Crippen molar-refractivity contribution in [1.82, 2.24) is 4.31 Å². The zero-order chi connectivity index (χ0) is 13.7. The van der Waals surface area contributed by atoms with Gasteiger partial charge in [0.2, 0.25) is 10.0 Å². The van der Waals surface area contributed by atoms with E-state index in [9.17, 15) is 16.8 Å². The minimum absolute atomic E-state index is 0.115. The summed E-state index contributed by atoms with van der Waals surface area (Å²) in [5.74, 6) is 0. The third-order valence-corrected chi connectivity index (χ3v) is 6.97. The van der Waals surface area contributed by atoms with E-state index < -0.39 is 26.7 Å². The van der Waals surface area contributed by atoms with E-state index in [4.69, 9.17) is 10.2 Å². The third-order valence-electron chi connectivity index (χ3n) is 2.49. The van der Waals surface area contributed by atoms with Crippen molar-refractivity contribution in [2.24, 2.45) is 5.14 Å². The van der Waals surface area contributed by atoms with Gasteiger partial charge in [0.25, 0.3) is 10.0 Å². The monoisotopic (exact) mass is 310 g/mol. The van der Waals surface area contributed by atoms with E-state index in [2.05, 4.69) is 0 Å². The predicted molar refractivity (Wildman–Crippen MR) is 65.7 cm³/mol. The first kappa shape index (κ1) is 13.5. The Labute approximate surface area is 108 Å². The van der Waals surface area contributed by atoms with Gasteiger partial charge >= 0.3 is 0 Å². The smallest absolute Gasteiger partial charge is 0.265 e. The quantitative estimate of drug-likeness (QED) is 0.753. The molecule has 0 aromatic carbocycles. The number of rotatable bonds is 2. The molecule has 0 fully saturated rings. The summed E-state index contributed by atoms with van der Waals surface area (Å²) in [6, 6.07) is 1.03. The number of sulfonamides is 2. The van der Waals surface area contributed by atoms with Gasteiger partial charge in [-0.05, 0) is 12.1 Å². The summed E-state index contributed by atoms with van der Waals surface area (Å²) < 4.78 is 47.2. The van der Waals surface area contributed by atoms with Crippen molar-refractivity contribution >= 4 is 37.5 Å². The lowest BCUT2D eigenvalue weighted by Gasteiger charge is -2.24. The topological polar surface area (TPSA) is 118 Å². The molecule has 0 radical (unpaired) electrons. The SMILES string of the molecule is CN1C(CO)=Cc2sc(S(N)(=O)=O)cc2S1(=O)=O. The average Bonchev–Trinajstić information content (AvgIpc) is 2.68. The number of nitrogens with two attached hydrogens (primary N) is 1. The van der Waals surface area contributed by atoms with Crippen LogP contribution in [-0.4, -0.2) is 39.9 Å². The Morgan fingerprint density at radius 1 is 1.50 bits per heavy atom. The molecule has 0 saturated carbocycles. The predicted octanol–water partition coefficient (Wildman–Crippen LogP) is -0.637. The van der Waals surface area contributed by atoms with E-state index in [0.29, 0.717) is 0 Å². The van der Waals surface area contributed by atoms with E-state index in [0.717, 1.165) is 21.7 Å². The largest absolute Gasteiger partial charge is 0.390 e. The van der Waals surface area contributed by atoms with Crippen LogP contribution in [0.15, 0.2) is 20.9 Å². The van der Waals surface area contributed by atoms with Crippen molar-refractivity contribution in [3.05, 3.63) is 16.6 Å². The molecule has 1 aliphatic rings. The Bertz CT molecular complexity index is 729. The van der Waals surface area contributed by atoms with Gasteiger partial charge in [0.1, 0.15) is 9.10 Å². The van der Waals surface area contributed by atoms with Crippen LogP contribution >= 0.6 is 11.3 Å². The highest BCUT2D eigenvalue weighted by molar-refractivity contribution is 7.92. The van der Waals surface area contributed by atoms with Crippen LogP contribution in [0, 0.1) is 0 Å². The van der Waals surface area contributed by atoms with Crippen LogP contribution < -0.4 is 5.14 Å². The molecule has 3 N–H and O–H groups in total. The number of hydrogen-bond acceptors (Lipinski definition) is 6. The molecule has 0 unspecified atom stereocenters. The number of hydrogen-bond donors (Lipinski definition) is 2. The van der Waals surface area contributed by atoms with Gasteiger partial charge in [-0.2, -0.15) is 0 Å². The molecule has 100 valence electrons. The maximum Gasteiger partial charge on any atom is 0.265 e. The molecular weight excluding hydrogens is 300 g/mol. The first-order valence-corrected chi connectivity index (χ1v) is 8.45. The summed E-state index contributed by atoms with van der Waals surface area (Å²) in [6.07, 6.45) is 1.43. The summed E-state index contributed by atoms with van der Waals surface area (Å²) in [5.41, 5.74) is 0.172. The van der Waals surface area contributed by atoms with Gasteiger partial charge in [-0.1, -0.05) is 0 Å². The van der Waals surface area contributed by atoms with Crippen LogP contribution in [0.25, 0.3) is 6.08 Å². The van der Waals surface area contributed by atoms with Crippen molar-refractivity contribution in [1.29, 1.82) is 0 Å². The Morgan fingerprint density at radius 3 is 2.61 bits per heavy atom. The second kappa shape index (κ2) is 4.03. The van der Waals surface area contributed by atoms with E-state index in [-0.39, 0.29) is 19.7 Å². The summed E-state index contributed by atoms with van der Waals surface area (Å²) in [4.78, 5) is 0.136. The lowest BCUT2D eigenvalue weighted by Crippen LogP contribution is -2.30. The molecule has 0 saturated heterocycles. The average molecular weight is 310 g/mol.